The van der Waals surface area contributed by atoms with Crippen LogP contribution in [-0.4, -0.2) is 9.78 Å². The number of nitrogens with two attached hydrogens (primary N) is 1. The van der Waals surface area contributed by atoms with E-state index < -0.39 is 22.6 Å². The second-order valence-corrected chi connectivity index (χ2v) is 3.86. The summed E-state index contributed by atoms with van der Waals surface area (Å²) in [7, 11) is 0. The van der Waals surface area contributed by atoms with Crippen LogP contribution in [-0.2, 0) is 6.18 Å². The number of aromatic nitrogens is 2. The smallest absolute Gasteiger partial charge is 0.384 e. The van der Waals surface area contributed by atoms with E-state index in [1.807, 2.05) is 0 Å². The Morgan fingerprint density at radius 3 is 2.39 bits per heavy atom. The molecular formula is C10H6ClF4N3. The first-order chi connectivity index (χ1) is 8.30. The number of benzene rings is 1. The number of nitrogens with zero attached hydrogens (tertiary/aromatic N) is 2. The molecule has 1 heterocycles. The third kappa shape index (κ3) is 2.13. The van der Waals surface area contributed by atoms with E-state index in [4.69, 9.17) is 17.3 Å². The summed E-state index contributed by atoms with van der Waals surface area (Å²) >= 11 is 5.65. The number of nitrogen functional groups attached to an aromatic ring is 1. The SMILES string of the molecule is Nc1ccnn1-c1c(F)cc(C(F)(F)F)cc1Cl. The maximum Gasteiger partial charge on any atom is 0.416 e. The molecule has 0 aliphatic heterocycles. The van der Waals surface area contributed by atoms with Gasteiger partial charge in [-0.15, -0.1) is 0 Å². The maximum absolute atomic E-state index is 13.7. The van der Waals surface area contributed by atoms with Crippen LogP contribution in [0.3, 0.4) is 0 Å². The molecule has 18 heavy (non-hydrogen) atoms. The quantitative estimate of drug-likeness (QED) is 0.814. The van der Waals surface area contributed by atoms with Crippen molar-refractivity contribution in [1.29, 1.82) is 0 Å². The topological polar surface area (TPSA) is 43.8 Å². The predicted octanol–water partition coefficient (Wildman–Crippen LogP) is 3.27. The fourth-order valence-corrected chi connectivity index (χ4v) is 1.72. The molecule has 0 amide bonds. The van der Waals surface area contributed by atoms with E-state index in [9.17, 15) is 17.6 Å². The van der Waals surface area contributed by atoms with E-state index in [0.717, 1.165) is 4.68 Å². The zero-order chi connectivity index (χ0) is 13.5. The van der Waals surface area contributed by atoms with Gasteiger partial charge in [0.15, 0.2) is 5.82 Å². The first-order valence-electron chi connectivity index (χ1n) is 4.67. The third-order valence-electron chi connectivity index (χ3n) is 2.23. The van der Waals surface area contributed by atoms with Gasteiger partial charge in [-0.3, -0.25) is 0 Å². The van der Waals surface area contributed by atoms with Crippen LogP contribution >= 0.6 is 11.6 Å². The predicted molar refractivity (Wildman–Crippen MR) is 57.9 cm³/mol. The lowest BCUT2D eigenvalue weighted by Gasteiger charge is -2.12. The lowest BCUT2D eigenvalue weighted by Crippen LogP contribution is -2.09. The van der Waals surface area contributed by atoms with Gasteiger partial charge in [0.25, 0.3) is 0 Å². The largest absolute Gasteiger partial charge is 0.416 e. The lowest BCUT2D eigenvalue weighted by molar-refractivity contribution is -0.137. The molecule has 0 spiro atoms. The van der Waals surface area contributed by atoms with Crippen LogP contribution in [0.1, 0.15) is 5.56 Å². The monoisotopic (exact) mass is 279 g/mol. The molecule has 0 saturated carbocycles. The molecule has 0 saturated heterocycles. The Labute approximate surface area is 104 Å². The van der Waals surface area contributed by atoms with Crippen molar-refractivity contribution in [3.63, 3.8) is 0 Å². The molecular weight excluding hydrogens is 274 g/mol. The average molecular weight is 280 g/mol. The molecule has 0 fully saturated rings. The average Bonchev–Trinajstić information content (AvgIpc) is 2.62. The van der Waals surface area contributed by atoms with Crippen molar-refractivity contribution in [2.45, 2.75) is 6.18 Å². The molecule has 0 aliphatic carbocycles. The molecule has 1 aromatic carbocycles. The highest BCUT2D eigenvalue weighted by Crippen LogP contribution is 2.35. The van der Waals surface area contributed by atoms with E-state index in [0.29, 0.717) is 12.1 Å². The third-order valence-corrected chi connectivity index (χ3v) is 2.52. The molecule has 0 atom stereocenters. The summed E-state index contributed by atoms with van der Waals surface area (Å²) in [6.07, 6.45) is -3.39. The molecule has 8 heteroatoms. The first-order valence-corrected chi connectivity index (χ1v) is 5.04. The number of halogens is 5. The Morgan fingerprint density at radius 1 is 1.28 bits per heavy atom. The van der Waals surface area contributed by atoms with E-state index >= 15 is 0 Å². The molecule has 0 radical (unpaired) electrons. The van der Waals surface area contributed by atoms with Crippen molar-refractivity contribution in [1.82, 2.24) is 9.78 Å². The molecule has 2 rings (SSSR count). The number of hydrogen-bond acceptors (Lipinski definition) is 2. The Morgan fingerprint density at radius 2 is 1.94 bits per heavy atom. The first kappa shape index (κ1) is 12.7. The number of rotatable bonds is 1. The Kier molecular flexibility index (Phi) is 2.94. The fourth-order valence-electron chi connectivity index (χ4n) is 1.43. The van der Waals surface area contributed by atoms with Gasteiger partial charge in [0.1, 0.15) is 11.5 Å². The zero-order valence-electron chi connectivity index (χ0n) is 8.67. The van der Waals surface area contributed by atoms with Crippen molar-refractivity contribution in [3.05, 3.63) is 40.8 Å². The lowest BCUT2D eigenvalue weighted by atomic mass is 10.2. The Hall–Kier alpha value is -1.76. The van der Waals surface area contributed by atoms with Gasteiger partial charge in [-0.2, -0.15) is 18.3 Å². The molecule has 0 bridgehead atoms. The summed E-state index contributed by atoms with van der Waals surface area (Å²) < 4.78 is 51.9. The summed E-state index contributed by atoms with van der Waals surface area (Å²) in [5, 5.41) is 3.27. The highest BCUT2D eigenvalue weighted by molar-refractivity contribution is 6.32. The van der Waals surface area contributed by atoms with Gasteiger partial charge >= 0.3 is 6.18 Å². The number of anilines is 1. The molecule has 0 aliphatic rings. The van der Waals surface area contributed by atoms with Gasteiger partial charge in [0.05, 0.1) is 16.8 Å². The van der Waals surface area contributed by atoms with Crippen LogP contribution in [0.15, 0.2) is 24.4 Å². The molecule has 96 valence electrons. The van der Waals surface area contributed by atoms with Crippen molar-refractivity contribution in [2.75, 3.05) is 5.73 Å². The van der Waals surface area contributed by atoms with Gasteiger partial charge in [-0.1, -0.05) is 11.6 Å². The molecule has 2 N–H and O–H groups in total. The summed E-state index contributed by atoms with van der Waals surface area (Å²) in [6.45, 7) is 0. The van der Waals surface area contributed by atoms with Crippen molar-refractivity contribution >= 4 is 17.4 Å². The standard InChI is InChI=1S/C10H6ClF4N3/c11-6-3-5(10(13,14)15)4-7(12)9(6)18-8(16)1-2-17-18/h1-4H,16H2. The highest BCUT2D eigenvalue weighted by atomic mass is 35.5. The second-order valence-electron chi connectivity index (χ2n) is 3.45. The Balaban J connectivity index is 2.62. The van der Waals surface area contributed by atoms with Gasteiger partial charge in [0.2, 0.25) is 0 Å². The van der Waals surface area contributed by atoms with E-state index in [1.165, 1.54) is 12.3 Å². The van der Waals surface area contributed by atoms with Crippen molar-refractivity contribution < 1.29 is 17.6 Å². The Bertz CT molecular complexity index is 568. The van der Waals surface area contributed by atoms with Crippen LogP contribution in [0.2, 0.25) is 5.02 Å². The van der Waals surface area contributed by atoms with Crippen LogP contribution in [0.5, 0.6) is 0 Å². The second kappa shape index (κ2) is 4.16. The highest BCUT2D eigenvalue weighted by Gasteiger charge is 2.32. The number of hydrogen-bond donors (Lipinski definition) is 1. The summed E-state index contributed by atoms with van der Waals surface area (Å²) in [5.74, 6) is -1.08. The van der Waals surface area contributed by atoms with Crippen molar-refractivity contribution in [2.24, 2.45) is 0 Å². The minimum Gasteiger partial charge on any atom is -0.384 e. The van der Waals surface area contributed by atoms with E-state index in [2.05, 4.69) is 5.10 Å². The van der Waals surface area contributed by atoms with Crippen molar-refractivity contribution in [3.8, 4) is 5.69 Å². The van der Waals surface area contributed by atoms with Crippen LogP contribution < -0.4 is 5.73 Å². The molecule has 0 unspecified atom stereocenters. The van der Waals surface area contributed by atoms with Crippen LogP contribution in [0, 0.1) is 5.82 Å². The van der Waals surface area contributed by atoms with Gasteiger partial charge in [-0.05, 0) is 12.1 Å². The summed E-state index contributed by atoms with van der Waals surface area (Å²) in [6, 6.07) is 2.34. The van der Waals surface area contributed by atoms with Crippen LogP contribution in [0.4, 0.5) is 23.4 Å². The summed E-state index contributed by atoms with van der Waals surface area (Å²) in [4.78, 5) is 0. The fraction of sp³-hybridized carbons (Fsp3) is 0.100. The molecule has 2 aromatic rings. The van der Waals surface area contributed by atoms with E-state index in [1.54, 1.807) is 0 Å². The van der Waals surface area contributed by atoms with Gasteiger partial charge < -0.3 is 5.73 Å². The maximum atomic E-state index is 13.7. The number of alkyl halides is 3. The minimum atomic E-state index is -4.67. The molecule has 1 aromatic heterocycles. The van der Waals surface area contributed by atoms with Crippen LogP contribution in [0.25, 0.3) is 5.69 Å². The van der Waals surface area contributed by atoms with Gasteiger partial charge in [-0.25, -0.2) is 9.07 Å². The zero-order valence-corrected chi connectivity index (χ0v) is 9.43. The summed E-state index contributed by atoms with van der Waals surface area (Å²) in [5.41, 5.74) is 4.01. The van der Waals surface area contributed by atoms with Gasteiger partial charge in [0, 0.05) is 6.07 Å². The molecule has 3 nitrogen and oxygen atoms in total. The minimum absolute atomic E-state index is 0.0653. The normalized spacial score (nSPS) is 11.8. The van der Waals surface area contributed by atoms with E-state index in [-0.39, 0.29) is 11.5 Å².